The van der Waals surface area contributed by atoms with Crippen LogP contribution in [0.2, 0.25) is 5.15 Å². The van der Waals surface area contributed by atoms with E-state index in [1.54, 1.807) is 33.9 Å². The number of rotatable bonds is 4. The molecule has 7 heteroatoms. The van der Waals surface area contributed by atoms with Crippen molar-refractivity contribution in [2.45, 2.75) is 26.3 Å². The Labute approximate surface area is 122 Å². The molecule has 1 amide bonds. The highest BCUT2D eigenvalue weighted by Gasteiger charge is 2.29. The molecule has 0 bridgehead atoms. The molecular formula is C13H18ClN3O3. The molecule has 1 aromatic rings. The third-order valence-corrected chi connectivity index (χ3v) is 3.18. The topological polar surface area (TPSA) is 73.2 Å². The van der Waals surface area contributed by atoms with Crippen LogP contribution in [0, 0.1) is 6.92 Å². The normalized spacial score (nSPS) is 11.7. The fraction of sp³-hybridized carbons (Fsp3) is 0.462. The molecule has 0 aliphatic carbocycles. The molecule has 1 heterocycles. The van der Waals surface area contributed by atoms with E-state index in [2.05, 4.69) is 15.2 Å². The molecule has 0 spiro atoms. The highest BCUT2D eigenvalue weighted by molar-refractivity contribution is 6.31. The maximum atomic E-state index is 11.8. The van der Waals surface area contributed by atoms with Crippen molar-refractivity contribution >= 4 is 29.6 Å². The number of aryl methyl sites for hydroxylation is 2. The van der Waals surface area contributed by atoms with Gasteiger partial charge in [0, 0.05) is 18.7 Å². The van der Waals surface area contributed by atoms with E-state index in [0.717, 1.165) is 0 Å². The first-order valence-electron chi connectivity index (χ1n) is 5.96. The Hall–Kier alpha value is -1.82. The molecule has 0 aromatic carbocycles. The van der Waals surface area contributed by atoms with Gasteiger partial charge in [0.05, 0.1) is 12.8 Å². The van der Waals surface area contributed by atoms with E-state index in [1.165, 1.54) is 17.9 Å². The van der Waals surface area contributed by atoms with Crippen LogP contribution in [0.15, 0.2) is 6.08 Å². The lowest BCUT2D eigenvalue weighted by Gasteiger charge is -2.22. The minimum Gasteiger partial charge on any atom is -0.467 e. The number of nitrogens with one attached hydrogen (secondary N) is 1. The Morgan fingerprint density at radius 3 is 2.50 bits per heavy atom. The molecule has 0 unspecified atom stereocenters. The zero-order valence-corrected chi connectivity index (χ0v) is 12.9. The number of hydrogen-bond acceptors (Lipinski definition) is 4. The van der Waals surface area contributed by atoms with Crippen LogP contribution in [0.25, 0.3) is 6.08 Å². The van der Waals surface area contributed by atoms with Gasteiger partial charge < -0.3 is 10.1 Å². The van der Waals surface area contributed by atoms with Crippen LogP contribution in [0.3, 0.4) is 0 Å². The average molecular weight is 300 g/mol. The maximum Gasteiger partial charge on any atom is 0.330 e. The van der Waals surface area contributed by atoms with Crippen LogP contribution in [0.5, 0.6) is 0 Å². The standard InChI is InChI=1S/C13H18ClN3O3/c1-8-9(11(14)17(4)16-8)6-7-10(18)15-13(2,3)12(19)20-5/h6-7H,1-5H3,(H,15,18). The van der Waals surface area contributed by atoms with Crippen molar-refractivity contribution in [1.29, 1.82) is 0 Å². The molecule has 20 heavy (non-hydrogen) atoms. The van der Waals surface area contributed by atoms with Gasteiger partial charge in [-0.1, -0.05) is 11.6 Å². The predicted octanol–water partition coefficient (Wildman–Crippen LogP) is 1.46. The smallest absolute Gasteiger partial charge is 0.330 e. The van der Waals surface area contributed by atoms with Gasteiger partial charge in [0.25, 0.3) is 0 Å². The predicted molar refractivity (Wildman–Crippen MR) is 76.2 cm³/mol. The van der Waals surface area contributed by atoms with Crippen molar-refractivity contribution < 1.29 is 14.3 Å². The van der Waals surface area contributed by atoms with Crippen LogP contribution >= 0.6 is 11.6 Å². The molecule has 1 rings (SSSR count). The second-order valence-corrected chi connectivity index (χ2v) is 5.21. The number of aromatic nitrogens is 2. The zero-order chi connectivity index (χ0) is 15.5. The first-order chi connectivity index (χ1) is 9.19. The molecule has 1 N–H and O–H groups in total. The van der Waals surface area contributed by atoms with E-state index >= 15 is 0 Å². The number of carbonyl (C=O) groups is 2. The van der Waals surface area contributed by atoms with Gasteiger partial charge in [0.1, 0.15) is 10.7 Å². The molecule has 0 saturated heterocycles. The van der Waals surface area contributed by atoms with E-state index in [4.69, 9.17) is 11.6 Å². The van der Waals surface area contributed by atoms with Gasteiger partial charge >= 0.3 is 5.97 Å². The van der Waals surface area contributed by atoms with Crippen molar-refractivity contribution in [2.75, 3.05) is 7.11 Å². The first kappa shape index (κ1) is 16.2. The summed E-state index contributed by atoms with van der Waals surface area (Å²) in [5, 5.41) is 7.13. The van der Waals surface area contributed by atoms with Gasteiger partial charge in [-0.25, -0.2) is 4.79 Å². The number of nitrogens with zero attached hydrogens (tertiary/aromatic N) is 2. The van der Waals surface area contributed by atoms with E-state index in [0.29, 0.717) is 16.4 Å². The van der Waals surface area contributed by atoms with E-state index in [-0.39, 0.29) is 0 Å². The molecule has 0 saturated carbocycles. The van der Waals surface area contributed by atoms with E-state index < -0.39 is 17.4 Å². The minimum absolute atomic E-state index is 0.417. The number of halogens is 1. The Balaban J connectivity index is 2.81. The summed E-state index contributed by atoms with van der Waals surface area (Å²) in [4.78, 5) is 23.3. The number of hydrogen-bond donors (Lipinski definition) is 1. The Morgan fingerprint density at radius 2 is 2.05 bits per heavy atom. The van der Waals surface area contributed by atoms with Gasteiger partial charge in [-0.05, 0) is 26.8 Å². The highest BCUT2D eigenvalue weighted by Crippen LogP contribution is 2.19. The third-order valence-electron chi connectivity index (χ3n) is 2.73. The van der Waals surface area contributed by atoms with Gasteiger partial charge in [-0.2, -0.15) is 5.10 Å². The van der Waals surface area contributed by atoms with Gasteiger partial charge in [-0.3, -0.25) is 9.48 Å². The first-order valence-corrected chi connectivity index (χ1v) is 6.34. The monoisotopic (exact) mass is 299 g/mol. The van der Waals surface area contributed by atoms with Crippen LogP contribution < -0.4 is 5.32 Å². The molecule has 1 aromatic heterocycles. The molecule has 0 fully saturated rings. The quantitative estimate of drug-likeness (QED) is 0.675. The lowest BCUT2D eigenvalue weighted by Crippen LogP contribution is -2.49. The Kier molecular flexibility index (Phi) is 4.94. The second-order valence-electron chi connectivity index (χ2n) is 4.85. The molecular weight excluding hydrogens is 282 g/mol. The minimum atomic E-state index is -1.09. The Morgan fingerprint density at radius 1 is 1.45 bits per heavy atom. The lowest BCUT2D eigenvalue weighted by molar-refractivity contribution is -0.148. The Bertz CT molecular complexity index is 561. The summed E-state index contributed by atoms with van der Waals surface area (Å²) in [5.41, 5.74) is 0.290. The average Bonchev–Trinajstić information content (AvgIpc) is 2.59. The van der Waals surface area contributed by atoms with Crippen LogP contribution in [0.4, 0.5) is 0 Å². The van der Waals surface area contributed by atoms with Crippen molar-refractivity contribution in [3.05, 3.63) is 22.5 Å². The van der Waals surface area contributed by atoms with Gasteiger partial charge in [-0.15, -0.1) is 0 Å². The summed E-state index contributed by atoms with van der Waals surface area (Å²) in [6.07, 6.45) is 2.87. The summed E-state index contributed by atoms with van der Waals surface area (Å²) >= 11 is 6.05. The third kappa shape index (κ3) is 3.60. The summed E-state index contributed by atoms with van der Waals surface area (Å²) in [7, 11) is 2.98. The number of ether oxygens (including phenoxy) is 1. The van der Waals surface area contributed by atoms with Crippen molar-refractivity contribution in [2.24, 2.45) is 7.05 Å². The molecule has 110 valence electrons. The zero-order valence-electron chi connectivity index (χ0n) is 12.2. The molecule has 0 aliphatic rings. The summed E-state index contributed by atoms with van der Waals surface area (Å²) in [6.45, 7) is 4.92. The fourth-order valence-electron chi connectivity index (χ4n) is 1.65. The summed E-state index contributed by atoms with van der Waals surface area (Å²) in [6, 6.07) is 0. The van der Waals surface area contributed by atoms with E-state index in [1.807, 2.05) is 0 Å². The van der Waals surface area contributed by atoms with Crippen LogP contribution in [-0.4, -0.2) is 34.3 Å². The number of amides is 1. The number of methoxy groups -OCH3 is 1. The second kappa shape index (κ2) is 6.09. The SMILES string of the molecule is COC(=O)C(C)(C)NC(=O)C=Cc1c(C)nn(C)c1Cl. The van der Waals surface area contributed by atoms with Crippen molar-refractivity contribution in [1.82, 2.24) is 15.1 Å². The van der Waals surface area contributed by atoms with Crippen LogP contribution in [-0.2, 0) is 21.4 Å². The molecule has 0 atom stereocenters. The van der Waals surface area contributed by atoms with Crippen molar-refractivity contribution in [3.63, 3.8) is 0 Å². The van der Waals surface area contributed by atoms with Crippen molar-refractivity contribution in [3.8, 4) is 0 Å². The van der Waals surface area contributed by atoms with Crippen LogP contribution in [0.1, 0.15) is 25.1 Å². The largest absolute Gasteiger partial charge is 0.467 e. The highest BCUT2D eigenvalue weighted by atomic mass is 35.5. The lowest BCUT2D eigenvalue weighted by atomic mass is 10.1. The molecule has 0 aliphatic heterocycles. The van der Waals surface area contributed by atoms with Gasteiger partial charge in [0.2, 0.25) is 5.91 Å². The molecule has 0 radical (unpaired) electrons. The maximum absolute atomic E-state index is 11.8. The summed E-state index contributed by atoms with van der Waals surface area (Å²) < 4.78 is 6.13. The fourth-order valence-corrected chi connectivity index (χ4v) is 1.89. The van der Waals surface area contributed by atoms with Gasteiger partial charge in [0.15, 0.2) is 0 Å². The van der Waals surface area contributed by atoms with E-state index in [9.17, 15) is 9.59 Å². The molecule has 6 nitrogen and oxygen atoms in total. The number of carbonyl (C=O) groups excluding carboxylic acids is 2. The summed E-state index contributed by atoms with van der Waals surface area (Å²) in [5.74, 6) is -0.936. The number of esters is 1.